The molecule has 2 N–H and O–H groups in total. The average molecular weight is 282 g/mol. The summed E-state index contributed by atoms with van der Waals surface area (Å²) in [5, 5.41) is 0.835. The lowest BCUT2D eigenvalue weighted by Gasteiger charge is -2.07. The van der Waals surface area contributed by atoms with Gasteiger partial charge in [0.1, 0.15) is 5.75 Å². The van der Waals surface area contributed by atoms with Crippen molar-refractivity contribution in [1.82, 2.24) is 9.97 Å². The SMILES string of the molecule is COc1cc(=O)[nH]c2cc(-c3c[nH]c(=O)c(C)c3)ccc12. The summed E-state index contributed by atoms with van der Waals surface area (Å²) in [7, 11) is 1.54. The largest absolute Gasteiger partial charge is 0.496 e. The zero-order chi connectivity index (χ0) is 15.0. The predicted octanol–water partition coefficient (Wildman–Crippen LogP) is 2.20. The van der Waals surface area contributed by atoms with Gasteiger partial charge in [0.05, 0.1) is 12.6 Å². The quantitative estimate of drug-likeness (QED) is 0.756. The summed E-state index contributed by atoms with van der Waals surface area (Å²) >= 11 is 0. The Kier molecular flexibility index (Phi) is 3.10. The lowest BCUT2D eigenvalue weighted by Crippen LogP contribution is -2.08. The molecule has 3 rings (SSSR count). The molecule has 5 nitrogen and oxygen atoms in total. The van der Waals surface area contributed by atoms with Crippen molar-refractivity contribution < 1.29 is 4.74 Å². The smallest absolute Gasteiger partial charge is 0.252 e. The molecule has 0 spiro atoms. The van der Waals surface area contributed by atoms with Crippen LogP contribution in [0.15, 0.2) is 46.1 Å². The van der Waals surface area contributed by atoms with Crippen LogP contribution in [0.1, 0.15) is 5.56 Å². The van der Waals surface area contributed by atoms with E-state index in [0.29, 0.717) is 16.8 Å². The first kappa shape index (κ1) is 13.2. The standard InChI is InChI=1S/C16H14N2O3/c1-9-5-11(8-17-16(9)20)10-3-4-12-13(6-10)18-15(19)7-14(12)21-2/h3-8H,1-2H3,(H,17,20)(H,18,19). The number of benzene rings is 1. The highest BCUT2D eigenvalue weighted by Crippen LogP contribution is 2.27. The van der Waals surface area contributed by atoms with Gasteiger partial charge in [0, 0.05) is 23.2 Å². The zero-order valence-electron chi connectivity index (χ0n) is 11.7. The van der Waals surface area contributed by atoms with Gasteiger partial charge in [0.2, 0.25) is 0 Å². The molecule has 106 valence electrons. The van der Waals surface area contributed by atoms with E-state index in [9.17, 15) is 9.59 Å². The second-order valence-electron chi connectivity index (χ2n) is 4.86. The van der Waals surface area contributed by atoms with Crippen molar-refractivity contribution >= 4 is 10.9 Å². The summed E-state index contributed by atoms with van der Waals surface area (Å²) in [6.45, 7) is 1.76. The summed E-state index contributed by atoms with van der Waals surface area (Å²) in [5.41, 5.74) is 2.82. The van der Waals surface area contributed by atoms with Gasteiger partial charge in [-0.15, -0.1) is 0 Å². The number of aromatic nitrogens is 2. The second kappa shape index (κ2) is 4.94. The van der Waals surface area contributed by atoms with Gasteiger partial charge in [0.15, 0.2) is 0 Å². The predicted molar refractivity (Wildman–Crippen MR) is 81.9 cm³/mol. The highest BCUT2D eigenvalue weighted by molar-refractivity contribution is 5.88. The van der Waals surface area contributed by atoms with Crippen LogP contribution in [0.25, 0.3) is 22.0 Å². The molecule has 0 fully saturated rings. The van der Waals surface area contributed by atoms with Crippen molar-refractivity contribution in [1.29, 1.82) is 0 Å². The van der Waals surface area contributed by atoms with Crippen molar-refractivity contribution in [2.24, 2.45) is 0 Å². The molecule has 2 aromatic heterocycles. The van der Waals surface area contributed by atoms with E-state index in [4.69, 9.17) is 4.74 Å². The van der Waals surface area contributed by atoms with Crippen LogP contribution in [0.3, 0.4) is 0 Å². The minimum absolute atomic E-state index is 0.102. The van der Waals surface area contributed by atoms with Crippen LogP contribution in [-0.2, 0) is 0 Å². The highest BCUT2D eigenvalue weighted by atomic mass is 16.5. The molecule has 0 radical (unpaired) electrons. The van der Waals surface area contributed by atoms with Crippen LogP contribution in [0.5, 0.6) is 5.75 Å². The lowest BCUT2D eigenvalue weighted by molar-refractivity contribution is 0.419. The van der Waals surface area contributed by atoms with Crippen LogP contribution in [-0.4, -0.2) is 17.1 Å². The van der Waals surface area contributed by atoms with Crippen molar-refractivity contribution in [3.05, 3.63) is 62.8 Å². The summed E-state index contributed by atoms with van der Waals surface area (Å²) in [6, 6.07) is 8.92. The van der Waals surface area contributed by atoms with Gasteiger partial charge in [-0.3, -0.25) is 9.59 Å². The van der Waals surface area contributed by atoms with E-state index in [2.05, 4.69) is 9.97 Å². The van der Waals surface area contributed by atoms with Gasteiger partial charge in [-0.05, 0) is 36.2 Å². The Morgan fingerprint density at radius 1 is 1.05 bits per heavy atom. The van der Waals surface area contributed by atoms with Gasteiger partial charge < -0.3 is 14.7 Å². The van der Waals surface area contributed by atoms with Gasteiger partial charge in [-0.1, -0.05) is 6.07 Å². The molecular weight excluding hydrogens is 268 g/mol. The number of aryl methyl sites for hydroxylation is 1. The van der Waals surface area contributed by atoms with Crippen LogP contribution >= 0.6 is 0 Å². The molecule has 21 heavy (non-hydrogen) atoms. The summed E-state index contributed by atoms with van der Waals surface area (Å²) in [5.74, 6) is 0.540. The highest BCUT2D eigenvalue weighted by Gasteiger charge is 2.06. The number of nitrogens with one attached hydrogen (secondary N) is 2. The molecular formula is C16H14N2O3. The van der Waals surface area contributed by atoms with E-state index in [1.807, 2.05) is 24.3 Å². The number of methoxy groups -OCH3 is 1. The molecule has 0 saturated carbocycles. The second-order valence-corrected chi connectivity index (χ2v) is 4.86. The van der Waals surface area contributed by atoms with E-state index >= 15 is 0 Å². The van der Waals surface area contributed by atoms with Crippen molar-refractivity contribution in [2.75, 3.05) is 7.11 Å². The van der Waals surface area contributed by atoms with E-state index in [1.165, 1.54) is 13.2 Å². The van der Waals surface area contributed by atoms with Gasteiger partial charge in [-0.25, -0.2) is 0 Å². The fraction of sp³-hybridized carbons (Fsp3) is 0.125. The number of pyridine rings is 2. The molecule has 0 unspecified atom stereocenters. The first-order chi connectivity index (χ1) is 10.1. The Labute approximate surface area is 120 Å². The number of hydrogen-bond donors (Lipinski definition) is 2. The van der Waals surface area contributed by atoms with E-state index < -0.39 is 0 Å². The number of aromatic amines is 2. The lowest BCUT2D eigenvalue weighted by atomic mass is 10.0. The minimum Gasteiger partial charge on any atom is -0.496 e. The molecule has 0 amide bonds. The Hall–Kier alpha value is -2.82. The minimum atomic E-state index is -0.214. The topological polar surface area (TPSA) is 75.0 Å². The number of rotatable bonds is 2. The van der Waals surface area contributed by atoms with E-state index in [-0.39, 0.29) is 11.1 Å². The molecule has 0 aliphatic rings. The monoisotopic (exact) mass is 282 g/mol. The maximum absolute atomic E-state index is 11.6. The number of fused-ring (bicyclic) bond motifs is 1. The first-order valence-electron chi connectivity index (χ1n) is 6.49. The number of H-pyrrole nitrogens is 2. The maximum atomic E-state index is 11.6. The third-order valence-corrected chi connectivity index (χ3v) is 3.45. The molecule has 3 aromatic rings. The Morgan fingerprint density at radius 3 is 2.57 bits per heavy atom. The molecule has 0 atom stereocenters. The van der Waals surface area contributed by atoms with Crippen LogP contribution in [0, 0.1) is 6.92 Å². The van der Waals surface area contributed by atoms with E-state index in [1.54, 1.807) is 13.1 Å². The molecule has 0 bridgehead atoms. The third kappa shape index (κ3) is 2.33. The summed E-state index contributed by atoms with van der Waals surface area (Å²) in [6.07, 6.45) is 1.66. The first-order valence-corrected chi connectivity index (χ1v) is 6.49. The van der Waals surface area contributed by atoms with Crippen molar-refractivity contribution in [2.45, 2.75) is 6.92 Å². The fourth-order valence-electron chi connectivity index (χ4n) is 2.34. The van der Waals surface area contributed by atoms with Crippen LogP contribution in [0.2, 0.25) is 0 Å². The number of ether oxygens (including phenoxy) is 1. The number of hydrogen-bond acceptors (Lipinski definition) is 3. The van der Waals surface area contributed by atoms with Crippen molar-refractivity contribution in [3.63, 3.8) is 0 Å². The Balaban J connectivity index is 2.23. The van der Waals surface area contributed by atoms with Gasteiger partial charge in [0.25, 0.3) is 11.1 Å². The summed E-state index contributed by atoms with van der Waals surface area (Å²) in [4.78, 5) is 28.5. The summed E-state index contributed by atoms with van der Waals surface area (Å²) < 4.78 is 5.22. The normalized spacial score (nSPS) is 10.8. The average Bonchev–Trinajstić information content (AvgIpc) is 2.48. The van der Waals surface area contributed by atoms with Gasteiger partial charge in [-0.2, -0.15) is 0 Å². The molecule has 0 aliphatic heterocycles. The Morgan fingerprint density at radius 2 is 1.86 bits per heavy atom. The van der Waals surface area contributed by atoms with Crippen LogP contribution in [0.4, 0.5) is 0 Å². The maximum Gasteiger partial charge on any atom is 0.252 e. The molecule has 0 aliphatic carbocycles. The molecule has 2 heterocycles. The van der Waals surface area contributed by atoms with Gasteiger partial charge >= 0.3 is 0 Å². The third-order valence-electron chi connectivity index (χ3n) is 3.45. The Bertz CT molecular complexity index is 938. The molecule has 1 aromatic carbocycles. The zero-order valence-corrected chi connectivity index (χ0v) is 11.7. The van der Waals surface area contributed by atoms with Crippen LogP contribution < -0.4 is 15.9 Å². The van der Waals surface area contributed by atoms with Crippen molar-refractivity contribution in [3.8, 4) is 16.9 Å². The molecule has 0 saturated heterocycles. The van der Waals surface area contributed by atoms with E-state index in [0.717, 1.165) is 16.5 Å². The fourth-order valence-corrected chi connectivity index (χ4v) is 2.34. The molecule has 5 heteroatoms.